The number of pyridine rings is 1. The lowest BCUT2D eigenvalue weighted by Crippen LogP contribution is -2.20. The topological polar surface area (TPSA) is 51.5 Å². The number of fused-ring (bicyclic) bond motifs is 1. The van der Waals surface area contributed by atoms with Crippen molar-refractivity contribution in [2.75, 3.05) is 18.5 Å². The van der Waals surface area contributed by atoms with Crippen LogP contribution < -0.4 is 5.32 Å². The van der Waals surface area contributed by atoms with Crippen molar-refractivity contribution in [2.24, 2.45) is 0 Å². The van der Waals surface area contributed by atoms with Crippen LogP contribution in [0.2, 0.25) is 0 Å². The number of hydrogen-bond acceptors (Lipinski definition) is 4. The molecule has 108 valence electrons. The molecule has 1 N–H and O–H groups in total. The van der Waals surface area contributed by atoms with Crippen molar-refractivity contribution >= 4 is 11.6 Å². The van der Waals surface area contributed by atoms with E-state index in [0.29, 0.717) is 12.1 Å². The zero-order valence-corrected chi connectivity index (χ0v) is 12.0. The highest BCUT2D eigenvalue weighted by atomic mass is 16.5. The lowest BCUT2D eigenvalue weighted by Gasteiger charge is -2.21. The van der Waals surface area contributed by atoms with Crippen LogP contribution in [0, 0.1) is 6.92 Å². The van der Waals surface area contributed by atoms with E-state index in [-0.39, 0.29) is 0 Å². The zero-order chi connectivity index (χ0) is 13.8. The second-order valence-electron chi connectivity index (χ2n) is 5.50. The molecule has 0 aromatic carbocycles. The lowest BCUT2D eigenvalue weighted by molar-refractivity contribution is 0.0347. The van der Waals surface area contributed by atoms with E-state index in [9.17, 15) is 0 Å². The summed E-state index contributed by atoms with van der Waals surface area (Å²) in [5.41, 5.74) is 2.04. The van der Waals surface area contributed by atoms with Crippen molar-refractivity contribution in [3.8, 4) is 0 Å². The first-order chi connectivity index (χ1) is 9.81. The minimum atomic E-state index is 0.460. The van der Waals surface area contributed by atoms with E-state index in [1.807, 2.05) is 25.3 Å². The van der Waals surface area contributed by atoms with Crippen LogP contribution in [-0.4, -0.2) is 33.9 Å². The largest absolute Gasteiger partial charge is 0.376 e. The Hall–Kier alpha value is -1.62. The summed E-state index contributed by atoms with van der Waals surface area (Å²) >= 11 is 0. The summed E-state index contributed by atoms with van der Waals surface area (Å²) in [6, 6.07) is 4.02. The molecular formula is C15H22N4O. The Labute approximate surface area is 119 Å². The third kappa shape index (κ3) is 3.28. The summed E-state index contributed by atoms with van der Waals surface area (Å²) in [5, 5.41) is 7.62. The van der Waals surface area contributed by atoms with Gasteiger partial charge in [0.15, 0.2) is 5.65 Å². The monoisotopic (exact) mass is 274 g/mol. The Morgan fingerprint density at radius 2 is 2.15 bits per heavy atom. The van der Waals surface area contributed by atoms with E-state index in [0.717, 1.165) is 18.8 Å². The van der Waals surface area contributed by atoms with Crippen LogP contribution in [0.5, 0.6) is 0 Å². The van der Waals surface area contributed by atoms with Crippen molar-refractivity contribution in [1.29, 1.82) is 0 Å². The fourth-order valence-corrected chi connectivity index (χ4v) is 2.68. The second-order valence-corrected chi connectivity index (χ2v) is 5.50. The third-order valence-corrected chi connectivity index (χ3v) is 3.77. The van der Waals surface area contributed by atoms with Crippen molar-refractivity contribution in [3.05, 3.63) is 23.9 Å². The number of anilines is 1. The van der Waals surface area contributed by atoms with Gasteiger partial charge in [0.2, 0.25) is 5.95 Å². The number of aromatic nitrogens is 3. The van der Waals surface area contributed by atoms with Gasteiger partial charge in [-0.2, -0.15) is 4.98 Å². The highest BCUT2D eigenvalue weighted by Gasteiger charge is 2.13. The van der Waals surface area contributed by atoms with Gasteiger partial charge in [0, 0.05) is 12.7 Å². The van der Waals surface area contributed by atoms with Gasteiger partial charge in [0.05, 0.1) is 12.7 Å². The number of aryl methyl sites for hydroxylation is 1. The summed E-state index contributed by atoms with van der Waals surface area (Å²) in [4.78, 5) is 4.42. The van der Waals surface area contributed by atoms with Gasteiger partial charge >= 0.3 is 0 Å². The quantitative estimate of drug-likeness (QED) is 0.852. The van der Waals surface area contributed by atoms with Gasteiger partial charge in [-0.1, -0.05) is 25.3 Å². The number of rotatable bonds is 5. The molecule has 0 amide bonds. The van der Waals surface area contributed by atoms with Crippen LogP contribution >= 0.6 is 0 Å². The summed E-state index contributed by atoms with van der Waals surface area (Å²) in [5.74, 6) is 0.669. The molecule has 2 aromatic rings. The molecule has 1 saturated carbocycles. The molecule has 0 spiro atoms. The van der Waals surface area contributed by atoms with Crippen molar-refractivity contribution in [2.45, 2.75) is 45.1 Å². The summed E-state index contributed by atoms with van der Waals surface area (Å²) in [7, 11) is 0. The maximum absolute atomic E-state index is 5.87. The molecule has 1 fully saturated rings. The highest BCUT2D eigenvalue weighted by Crippen LogP contribution is 2.19. The fourth-order valence-electron chi connectivity index (χ4n) is 2.68. The minimum absolute atomic E-state index is 0.460. The molecular weight excluding hydrogens is 252 g/mol. The molecule has 2 aromatic heterocycles. The standard InChI is InChI=1S/C15H22N4O/c1-12-7-8-14-17-15(18-19(14)11-12)16-9-10-20-13-5-3-2-4-6-13/h7-8,11,13H,2-6,9-10H2,1H3,(H,16,18). The lowest BCUT2D eigenvalue weighted by atomic mass is 9.98. The highest BCUT2D eigenvalue weighted by molar-refractivity contribution is 5.43. The predicted molar refractivity (Wildman–Crippen MR) is 79.0 cm³/mol. The number of hydrogen-bond donors (Lipinski definition) is 1. The Morgan fingerprint density at radius 1 is 1.30 bits per heavy atom. The van der Waals surface area contributed by atoms with Crippen LogP contribution in [-0.2, 0) is 4.74 Å². The molecule has 3 rings (SSSR count). The molecule has 5 nitrogen and oxygen atoms in total. The first-order valence-electron chi connectivity index (χ1n) is 7.50. The van der Waals surface area contributed by atoms with E-state index in [2.05, 4.69) is 15.4 Å². The van der Waals surface area contributed by atoms with Crippen LogP contribution in [0.15, 0.2) is 18.3 Å². The molecule has 20 heavy (non-hydrogen) atoms. The van der Waals surface area contributed by atoms with Gasteiger partial charge in [-0.05, 0) is 31.4 Å². The average molecular weight is 274 g/mol. The SMILES string of the molecule is Cc1ccc2nc(NCCOC3CCCCC3)nn2c1. The molecule has 1 aliphatic rings. The van der Waals surface area contributed by atoms with Gasteiger partial charge in [0.25, 0.3) is 0 Å². The van der Waals surface area contributed by atoms with Crippen molar-refractivity contribution < 1.29 is 4.74 Å². The van der Waals surface area contributed by atoms with Gasteiger partial charge in [-0.15, -0.1) is 5.10 Å². The third-order valence-electron chi connectivity index (χ3n) is 3.77. The number of ether oxygens (including phenoxy) is 1. The van der Waals surface area contributed by atoms with E-state index >= 15 is 0 Å². The minimum Gasteiger partial charge on any atom is -0.376 e. The molecule has 0 unspecified atom stereocenters. The molecule has 2 heterocycles. The Balaban J connectivity index is 1.47. The predicted octanol–water partition coefficient (Wildman–Crippen LogP) is 2.80. The maximum atomic E-state index is 5.87. The molecule has 0 radical (unpaired) electrons. The van der Waals surface area contributed by atoms with Crippen LogP contribution in [0.4, 0.5) is 5.95 Å². The smallest absolute Gasteiger partial charge is 0.243 e. The Kier molecular flexibility index (Phi) is 4.16. The summed E-state index contributed by atoms with van der Waals surface area (Å²) in [6.07, 6.45) is 8.85. The summed E-state index contributed by atoms with van der Waals surface area (Å²) in [6.45, 7) is 3.53. The Morgan fingerprint density at radius 3 is 3.00 bits per heavy atom. The first-order valence-corrected chi connectivity index (χ1v) is 7.50. The molecule has 0 bridgehead atoms. The average Bonchev–Trinajstić information content (AvgIpc) is 2.86. The normalized spacial score (nSPS) is 16.6. The maximum Gasteiger partial charge on any atom is 0.243 e. The van der Waals surface area contributed by atoms with Crippen LogP contribution in [0.25, 0.3) is 5.65 Å². The second kappa shape index (κ2) is 6.22. The van der Waals surface area contributed by atoms with E-state index in [1.165, 1.54) is 37.7 Å². The molecule has 0 aliphatic heterocycles. The van der Waals surface area contributed by atoms with Crippen LogP contribution in [0.1, 0.15) is 37.7 Å². The number of nitrogens with one attached hydrogen (secondary N) is 1. The molecule has 5 heteroatoms. The molecule has 1 aliphatic carbocycles. The molecule has 0 atom stereocenters. The van der Waals surface area contributed by atoms with Crippen LogP contribution in [0.3, 0.4) is 0 Å². The van der Waals surface area contributed by atoms with Gasteiger partial charge in [-0.25, -0.2) is 4.52 Å². The zero-order valence-electron chi connectivity index (χ0n) is 12.0. The summed E-state index contributed by atoms with van der Waals surface area (Å²) < 4.78 is 7.68. The number of nitrogens with zero attached hydrogens (tertiary/aromatic N) is 3. The fraction of sp³-hybridized carbons (Fsp3) is 0.600. The molecule has 0 saturated heterocycles. The van der Waals surface area contributed by atoms with Crippen molar-refractivity contribution in [3.63, 3.8) is 0 Å². The van der Waals surface area contributed by atoms with Gasteiger partial charge in [0.1, 0.15) is 0 Å². The van der Waals surface area contributed by atoms with E-state index in [1.54, 1.807) is 4.52 Å². The first kappa shape index (κ1) is 13.4. The van der Waals surface area contributed by atoms with E-state index in [4.69, 9.17) is 4.74 Å². The van der Waals surface area contributed by atoms with E-state index < -0.39 is 0 Å². The van der Waals surface area contributed by atoms with Crippen molar-refractivity contribution in [1.82, 2.24) is 14.6 Å². The Bertz CT molecular complexity index is 560. The van der Waals surface area contributed by atoms with Gasteiger partial charge in [-0.3, -0.25) is 0 Å². The van der Waals surface area contributed by atoms with Gasteiger partial charge < -0.3 is 10.1 Å².